The maximum absolute atomic E-state index is 9.03. The SMILES string of the molecule is CNC(CCO)CN(CCOC)C(C)C1CC1. The van der Waals surface area contributed by atoms with Gasteiger partial charge >= 0.3 is 0 Å². The Hall–Kier alpha value is -0.160. The Labute approximate surface area is 105 Å². The van der Waals surface area contributed by atoms with Gasteiger partial charge in [-0.15, -0.1) is 0 Å². The summed E-state index contributed by atoms with van der Waals surface area (Å²) in [4.78, 5) is 2.50. The summed E-state index contributed by atoms with van der Waals surface area (Å²) in [6, 6.07) is 1.01. The number of hydrogen-bond acceptors (Lipinski definition) is 4. The average Bonchev–Trinajstić information content (AvgIpc) is 3.16. The molecular weight excluding hydrogens is 216 g/mol. The Morgan fingerprint density at radius 2 is 2.18 bits per heavy atom. The van der Waals surface area contributed by atoms with E-state index in [1.807, 2.05) is 7.05 Å². The molecule has 2 unspecified atom stereocenters. The molecule has 1 rings (SSSR count). The van der Waals surface area contributed by atoms with Crippen molar-refractivity contribution >= 4 is 0 Å². The molecule has 1 aliphatic carbocycles. The largest absolute Gasteiger partial charge is 0.396 e. The molecule has 0 radical (unpaired) electrons. The summed E-state index contributed by atoms with van der Waals surface area (Å²) in [7, 11) is 3.72. The first-order valence-corrected chi connectivity index (χ1v) is 6.74. The minimum absolute atomic E-state index is 0.251. The Balaban J connectivity index is 2.42. The van der Waals surface area contributed by atoms with E-state index >= 15 is 0 Å². The van der Waals surface area contributed by atoms with Gasteiger partial charge in [0.25, 0.3) is 0 Å². The first kappa shape index (κ1) is 14.9. The highest BCUT2D eigenvalue weighted by Gasteiger charge is 2.32. The molecule has 0 aromatic rings. The van der Waals surface area contributed by atoms with E-state index in [2.05, 4.69) is 17.1 Å². The number of ether oxygens (including phenoxy) is 1. The molecule has 17 heavy (non-hydrogen) atoms. The third-order valence-electron chi connectivity index (χ3n) is 3.80. The second kappa shape index (κ2) is 8.03. The first-order valence-electron chi connectivity index (χ1n) is 6.74. The van der Waals surface area contributed by atoms with Gasteiger partial charge in [0.15, 0.2) is 0 Å². The summed E-state index contributed by atoms with van der Waals surface area (Å²) in [5.41, 5.74) is 0. The van der Waals surface area contributed by atoms with Crippen molar-refractivity contribution in [3.05, 3.63) is 0 Å². The molecule has 102 valence electrons. The molecule has 2 atom stereocenters. The zero-order valence-corrected chi connectivity index (χ0v) is 11.5. The smallest absolute Gasteiger partial charge is 0.0589 e. The maximum Gasteiger partial charge on any atom is 0.0589 e. The highest BCUT2D eigenvalue weighted by atomic mass is 16.5. The van der Waals surface area contributed by atoms with Gasteiger partial charge < -0.3 is 15.2 Å². The molecule has 0 amide bonds. The van der Waals surface area contributed by atoms with Gasteiger partial charge in [0.2, 0.25) is 0 Å². The number of methoxy groups -OCH3 is 1. The lowest BCUT2D eigenvalue weighted by molar-refractivity contribution is 0.105. The third-order valence-corrected chi connectivity index (χ3v) is 3.80. The van der Waals surface area contributed by atoms with Crippen molar-refractivity contribution in [2.24, 2.45) is 5.92 Å². The summed E-state index contributed by atoms with van der Waals surface area (Å²) in [6.45, 7) is 5.34. The second-order valence-corrected chi connectivity index (χ2v) is 5.06. The molecule has 0 bridgehead atoms. The van der Waals surface area contributed by atoms with E-state index in [4.69, 9.17) is 9.84 Å². The van der Waals surface area contributed by atoms with Crippen molar-refractivity contribution in [2.75, 3.05) is 40.5 Å². The van der Waals surface area contributed by atoms with Crippen LogP contribution in [0.5, 0.6) is 0 Å². The predicted molar refractivity (Wildman–Crippen MR) is 70.2 cm³/mol. The van der Waals surface area contributed by atoms with E-state index in [1.165, 1.54) is 12.8 Å². The van der Waals surface area contributed by atoms with Crippen molar-refractivity contribution in [3.8, 4) is 0 Å². The molecule has 0 aromatic carbocycles. The molecule has 0 spiro atoms. The molecule has 4 nitrogen and oxygen atoms in total. The monoisotopic (exact) mass is 244 g/mol. The topological polar surface area (TPSA) is 44.7 Å². The third kappa shape index (κ3) is 5.34. The van der Waals surface area contributed by atoms with Crippen molar-refractivity contribution in [1.29, 1.82) is 0 Å². The summed E-state index contributed by atoms with van der Waals surface area (Å²) >= 11 is 0. The van der Waals surface area contributed by atoms with Gasteiger partial charge in [-0.2, -0.15) is 0 Å². The van der Waals surface area contributed by atoms with E-state index in [1.54, 1.807) is 7.11 Å². The van der Waals surface area contributed by atoms with Crippen molar-refractivity contribution in [1.82, 2.24) is 10.2 Å². The van der Waals surface area contributed by atoms with E-state index < -0.39 is 0 Å². The Morgan fingerprint density at radius 3 is 2.65 bits per heavy atom. The quantitative estimate of drug-likeness (QED) is 0.594. The first-order chi connectivity index (χ1) is 8.22. The number of aliphatic hydroxyl groups is 1. The lowest BCUT2D eigenvalue weighted by Crippen LogP contribution is -2.46. The molecule has 1 fully saturated rings. The molecule has 1 aliphatic rings. The van der Waals surface area contributed by atoms with Crippen LogP contribution in [0.3, 0.4) is 0 Å². The zero-order valence-electron chi connectivity index (χ0n) is 11.5. The van der Waals surface area contributed by atoms with Crippen LogP contribution in [0.25, 0.3) is 0 Å². The van der Waals surface area contributed by atoms with Crippen molar-refractivity contribution in [3.63, 3.8) is 0 Å². The molecular formula is C13H28N2O2. The molecule has 2 N–H and O–H groups in total. The standard InChI is InChI=1S/C13H28N2O2/c1-11(12-4-5-12)15(7-9-17-3)10-13(14-2)6-8-16/h11-14,16H,4-10H2,1-3H3. The van der Waals surface area contributed by atoms with Gasteiger partial charge in [0.1, 0.15) is 0 Å². The van der Waals surface area contributed by atoms with Crippen LogP contribution < -0.4 is 5.32 Å². The van der Waals surface area contributed by atoms with Crippen LogP contribution in [0.2, 0.25) is 0 Å². The predicted octanol–water partition coefficient (Wildman–Crippen LogP) is 0.704. The van der Waals surface area contributed by atoms with Crippen LogP contribution in [0, 0.1) is 5.92 Å². The fraction of sp³-hybridized carbons (Fsp3) is 1.00. The van der Waals surface area contributed by atoms with Gasteiger partial charge in [-0.3, -0.25) is 4.90 Å². The molecule has 0 heterocycles. The highest BCUT2D eigenvalue weighted by Crippen LogP contribution is 2.35. The van der Waals surface area contributed by atoms with E-state index in [-0.39, 0.29) is 6.61 Å². The van der Waals surface area contributed by atoms with Crippen LogP contribution in [-0.2, 0) is 4.74 Å². The zero-order chi connectivity index (χ0) is 12.7. The van der Waals surface area contributed by atoms with Crippen molar-refractivity contribution < 1.29 is 9.84 Å². The Kier molecular flexibility index (Phi) is 7.04. The summed E-state index contributed by atoms with van der Waals surface area (Å²) < 4.78 is 5.19. The number of rotatable bonds is 10. The Bertz CT molecular complexity index is 198. The molecule has 1 saturated carbocycles. The maximum atomic E-state index is 9.03. The second-order valence-electron chi connectivity index (χ2n) is 5.06. The summed E-state index contributed by atoms with van der Waals surface area (Å²) in [5, 5.41) is 12.3. The van der Waals surface area contributed by atoms with E-state index in [0.717, 1.165) is 32.0 Å². The van der Waals surface area contributed by atoms with Gasteiger partial charge in [-0.05, 0) is 39.2 Å². The van der Waals surface area contributed by atoms with E-state index in [0.29, 0.717) is 12.1 Å². The fourth-order valence-electron chi connectivity index (χ4n) is 2.31. The van der Waals surface area contributed by atoms with Gasteiger partial charge in [-0.1, -0.05) is 0 Å². The normalized spacial score (nSPS) is 19.6. The molecule has 4 heteroatoms. The van der Waals surface area contributed by atoms with Gasteiger partial charge in [-0.25, -0.2) is 0 Å². The lowest BCUT2D eigenvalue weighted by atomic mass is 10.1. The molecule has 0 aromatic heterocycles. The van der Waals surface area contributed by atoms with Crippen LogP contribution in [0.1, 0.15) is 26.2 Å². The van der Waals surface area contributed by atoms with Crippen LogP contribution in [-0.4, -0.2) is 62.6 Å². The highest BCUT2D eigenvalue weighted by molar-refractivity contribution is 4.86. The van der Waals surface area contributed by atoms with Gasteiger partial charge in [0, 0.05) is 38.9 Å². The lowest BCUT2D eigenvalue weighted by Gasteiger charge is -2.32. The van der Waals surface area contributed by atoms with E-state index in [9.17, 15) is 0 Å². The number of likely N-dealkylation sites (N-methyl/N-ethyl adjacent to an activating group) is 1. The minimum atomic E-state index is 0.251. The number of nitrogens with zero attached hydrogens (tertiary/aromatic N) is 1. The van der Waals surface area contributed by atoms with Gasteiger partial charge in [0.05, 0.1) is 6.61 Å². The summed E-state index contributed by atoms with van der Waals surface area (Å²) in [6.07, 6.45) is 3.56. The minimum Gasteiger partial charge on any atom is -0.396 e. The van der Waals surface area contributed by atoms with Crippen LogP contribution in [0.15, 0.2) is 0 Å². The van der Waals surface area contributed by atoms with Crippen LogP contribution >= 0.6 is 0 Å². The van der Waals surface area contributed by atoms with Crippen LogP contribution in [0.4, 0.5) is 0 Å². The molecule has 0 saturated heterocycles. The molecule has 0 aliphatic heterocycles. The number of hydrogen-bond donors (Lipinski definition) is 2. The van der Waals surface area contributed by atoms with Crippen molar-refractivity contribution in [2.45, 2.75) is 38.3 Å². The number of aliphatic hydroxyl groups excluding tert-OH is 1. The fourth-order valence-corrected chi connectivity index (χ4v) is 2.31. The average molecular weight is 244 g/mol. The number of nitrogens with one attached hydrogen (secondary N) is 1. The summed E-state index contributed by atoms with van der Waals surface area (Å²) in [5.74, 6) is 0.874. The Morgan fingerprint density at radius 1 is 1.47 bits per heavy atom.